The molecule has 0 radical (unpaired) electrons. The molecule has 0 aromatic carbocycles. The van der Waals surface area contributed by atoms with E-state index in [1.165, 1.54) is 0 Å². The van der Waals surface area contributed by atoms with Crippen molar-refractivity contribution >= 4 is 15.9 Å². The Kier molecular flexibility index (Phi) is 3.22. The summed E-state index contributed by atoms with van der Waals surface area (Å²) in [5.41, 5.74) is 6.89. The van der Waals surface area contributed by atoms with Gasteiger partial charge < -0.3 is 5.73 Å². The highest BCUT2D eigenvalue weighted by atomic mass is 79.9. The Bertz CT molecular complexity index is 238. The van der Waals surface area contributed by atoms with Crippen LogP contribution in [0.1, 0.15) is 31.5 Å². The third-order valence-electron chi connectivity index (χ3n) is 1.78. The Hall–Kier alpha value is -0.420. The number of hydrogen-bond acceptors (Lipinski definition) is 3. The van der Waals surface area contributed by atoms with E-state index in [4.69, 9.17) is 5.73 Å². The van der Waals surface area contributed by atoms with E-state index in [1.807, 2.05) is 7.05 Å². The van der Waals surface area contributed by atoms with Gasteiger partial charge in [0.2, 0.25) is 0 Å². The zero-order valence-corrected chi connectivity index (χ0v) is 8.87. The van der Waals surface area contributed by atoms with Gasteiger partial charge in [0.25, 0.3) is 0 Å². The average molecular weight is 233 g/mol. The van der Waals surface area contributed by atoms with Gasteiger partial charge in [-0.05, 0) is 22.4 Å². The maximum Gasteiger partial charge on any atom is 0.153 e. The maximum atomic E-state index is 5.92. The van der Waals surface area contributed by atoms with Gasteiger partial charge in [0.15, 0.2) is 4.60 Å². The largest absolute Gasteiger partial charge is 0.323 e. The number of nitrogens with zero attached hydrogens (tertiary/aromatic N) is 3. The van der Waals surface area contributed by atoms with Crippen LogP contribution >= 0.6 is 15.9 Å². The molecule has 0 aliphatic rings. The second kappa shape index (κ2) is 4.00. The van der Waals surface area contributed by atoms with Crippen LogP contribution in [0.4, 0.5) is 0 Å². The first-order valence-electron chi connectivity index (χ1n) is 3.97. The SMILES string of the molecule is CCCC(N)c1c(Br)nnn1C. The lowest BCUT2D eigenvalue weighted by Gasteiger charge is -2.09. The van der Waals surface area contributed by atoms with Crippen LogP contribution < -0.4 is 5.73 Å². The van der Waals surface area contributed by atoms with Gasteiger partial charge in [0.05, 0.1) is 5.69 Å². The Morgan fingerprint density at radius 3 is 2.75 bits per heavy atom. The summed E-state index contributed by atoms with van der Waals surface area (Å²) >= 11 is 3.31. The van der Waals surface area contributed by atoms with E-state index in [9.17, 15) is 0 Å². The number of rotatable bonds is 3. The van der Waals surface area contributed by atoms with E-state index in [-0.39, 0.29) is 6.04 Å². The van der Waals surface area contributed by atoms with Crippen molar-refractivity contribution in [2.75, 3.05) is 0 Å². The van der Waals surface area contributed by atoms with E-state index >= 15 is 0 Å². The summed E-state index contributed by atoms with van der Waals surface area (Å²) < 4.78 is 2.47. The zero-order chi connectivity index (χ0) is 9.14. The van der Waals surface area contributed by atoms with Crippen molar-refractivity contribution in [3.05, 3.63) is 10.3 Å². The first kappa shape index (κ1) is 9.67. The Morgan fingerprint density at radius 1 is 1.67 bits per heavy atom. The summed E-state index contributed by atoms with van der Waals surface area (Å²) in [6.45, 7) is 2.11. The zero-order valence-electron chi connectivity index (χ0n) is 7.29. The molecule has 12 heavy (non-hydrogen) atoms. The van der Waals surface area contributed by atoms with Gasteiger partial charge in [-0.2, -0.15) is 0 Å². The fourth-order valence-electron chi connectivity index (χ4n) is 1.18. The van der Waals surface area contributed by atoms with Gasteiger partial charge in [-0.25, -0.2) is 4.68 Å². The molecule has 68 valence electrons. The number of aryl methyl sites for hydroxylation is 1. The first-order chi connectivity index (χ1) is 5.66. The highest BCUT2D eigenvalue weighted by Gasteiger charge is 2.14. The molecule has 0 saturated carbocycles. The molecule has 1 unspecified atom stereocenters. The Labute approximate surface area is 80.3 Å². The summed E-state index contributed by atoms with van der Waals surface area (Å²) in [5.74, 6) is 0. The molecule has 1 atom stereocenters. The quantitative estimate of drug-likeness (QED) is 0.857. The molecule has 0 spiro atoms. The van der Waals surface area contributed by atoms with E-state index < -0.39 is 0 Å². The van der Waals surface area contributed by atoms with Crippen molar-refractivity contribution in [3.8, 4) is 0 Å². The molecule has 1 rings (SSSR count). The normalized spacial score (nSPS) is 13.3. The molecular weight excluding hydrogens is 220 g/mol. The van der Waals surface area contributed by atoms with Crippen LogP contribution in [0.5, 0.6) is 0 Å². The van der Waals surface area contributed by atoms with Gasteiger partial charge in [-0.15, -0.1) is 5.10 Å². The van der Waals surface area contributed by atoms with Gasteiger partial charge in [0.1, 0.15) is 0 Å². The van der Waals surface area contributed by atoms with Crippen LogP contribution in [0.15, 0.2) is 4.60 Å². The second-order valence-corrected chi connectivity index (χ2v) is 3.54. The molecule has 2 N–H and O–H groups in total. The van der Waals surface area contributed by atoms with E-state index in [0.717, 1.165) is 23.1 Å². The molecule has 4 nitrogen and oxygen atoms in total. The first-order valence-corrected chi connectivity index (χ1v) is 4.76. The molecule has 0 aliphatic heterocycles. The van der Waals surface area contributed by atoms with Crippen molar-refractivity contribution in [1.29, 1.82) is 0 Å². The molecular formula is C7H13BrN4. The number of aromatic nitrogens is 3. The lowest BCUT2D eigenvalue weighted by atomic mass is 10.1. The number of halogens is 1. The minimum atomic E-state index is 0.0318. The summed E-state index contributed by atoms with van der Waals surface area (Å²) in [6, 6.07) is 0.0318. The lowest BCUT2D eigenvalue weighted by molar-refractivity contribution is 0.568. The van der Waals surface area contributed by atoms with Crippen LogP contribution in [0, 0.1) is 0 Å². The summed E-state index contributed by atoms with van der Waals surface area (Å²) in [5, 5.41) is 7.73. The van der Waals surface area contributed by atoms with Crippen LogP contribution in [-0.4, -0.2) is 15.0 Å². The highest BCUT2D eigenvalue weighted by molar-refractivity contribution is 9.10. The van der Waals surface area contributed by atoms with Gasteiger partial charge in [0, 0.05) is 13.1 Å². The van der Waals surface area contributed by atoms with Crippen molar-refractivity contribution in [1.82, 2.24) is 15.0 Å². The Balaban J connectivity index is 2.85. The topological polar surface area (TPSA) is 56.7 Å². The predicted octanol–water partition coefficient (Wildman–Crippen LogP) is 1.38. The van der Waals surface area contributed by atoms with Gasteiger partial charge in [-0.3, -0.25) is 0 Å². The van der Waals surface area contributed by atoms with Crippen molar-refractivity contribution < 1.29 is 0 Å². The fourth-order valence-corrected chi connectivity index (χ4v) is 1.80. The Morgan fingerprint density at radius 2 is 2.33 bits per heavy atom. The fraction of sp³-hybridized carbons (Fsp3) is 0.714. The number of hydrogen-bond donors (Lipinski definition) is 1. The maximum absolute atomic E-state index is 5.92. The standard InChI is InChI=1S/C7H13BrN4/c1-3-4-5(9)6-7(8)10-11-12(6)2/h5H,3-4,9H2,1-2H3. The molecule has 0 bridgehead atoms. The predicted molar refractivity (Wildman–Crippen MR) is 50.5 cm³/mol. The van der Waals surface area contributed by atoms with Crippen LogP contribution in [0.25, 0.3) is 0 Å². The van der Waals surface area contributed by atoms with Gasteiger partial charge in [-0.1, -0.05) is 18.6 Å². The van der Waals surface area contributed by atoms with E-state index in [1.54, 1.807) is 4.68 Å². The minimum absolute atomic E-state index is 0.0318. The second-order valence-electron chi connectivity index (χ2n) is 2.78. The van der Waals surface area contributed by atoms with Crippen LogP contribution in [-0.2, 0) is 7.05 Å². The smallest absolute Gasteiger partial charge is 0.153 e. The van der Waals surface area contributed by atoms with Crippen LogP contribution in [0.3, 0.4) is 0 Å². The van der Waals surface area contributed by atoms with Crippen molar-refractivity contribution in [3.63, 3.8) is 0 Å². The third kappa shape index (κ3) is 1.84. The monoisotopic (exact) mass is 232 g/mol. The molecule has 0 amide bonds. The molecule has 1 aromatic heterocycles. The highest BCUT2D eigenvalue weighted by Crippen LogP contribution is 2.21. The van der Waals surface area contributed by atoms with E-state index in [0.29, 0.717) is 0 Å². The van der Waals surface area contributed by atoms with E-state index in [2.05, 4.69) is 33.2 Å². The molecule has 1 heterocycles. The summed E-state index contributed by atoms with van der Waals surface area (Å²) in [7, 11) is 1.85. The molecule has 1 aromatic rings. The third-order valence-corrected chi connectivity index (χ3v) is 2.34. The minimum Gasteiger partial charge on any atom is -0.323 e. The molecule has 0 fully saturated rings. The lowest BCUT2D eigenvalue weighted by Crippen LogP contribution is -2.14. The molecule has 5 heteroatoms. The molecule has 0 saturated heterocycles. The van der Waals surface area contributed by atoms with Gasteiger partial charge >= 0.3 is 0 Å². The van der Waals surface area contributed by atoms with Crippen LogP contribution in [0.2, 0.25) is 0 Å². The van der Waals surface area contributed by atoms with Crippen molar-refractivity contribution in [2.24, 2.45) is 12.8 Å². The molecule has 0 aliphatic carbocycles. The number of nitrogens with two attached hydrogens (primary N) is 1. The summed E-state index contributed by atoms with van der Waals surface area (Å²) in [6.07, 6.45) is 2.03. The average Bonchev–Trinajstić information content (AvgIpc) is 2.32. The summed E-state index contributed by atoms with van der Waals surface area (Å²) in [4.78, 5) is 0. The van der Waals surface area contributed by atoms with Crippen molar-refractivity contribution in [2.45, 2.75) is 25.8 Å².